The van der Waals surface area contributed by atoms with Gasteiger partial charge in [0, 0.05) is 6.07 Å². The minimum Gasteiger partial charge on any atom is -0.478 e. The first-order chi connectivity index (χ1) is 7.72. The summed E-state index contributed by atoms with van der Waals surface area (Å²) >= 11 is 4.96. The highest BCUT2D eigenvalue weighted by molar-refractivity contribution is 7.71. The maximum atomic E-state index is 11.4. The van der Waals surface area contributed by atoms with Gasteiger partial charge in [0.2, 0.25) is 10.7 Å². The van der Waals surface area contributed by atoms with Gasteiger partial charge in [-0.15, -0.1) is 0 Å². The van der Waals surface area contributed by atoms with Crippen LogP contribution in [0, 0.1) is 4.77 Å². The van der Waals surface area contributed by atoms with Gasteiger partial charge in [-0.1, -0.05) is 0 Å². The van der Waals surface area contributed by atoms with Crippen molar-refractivity contribution in [1.82, 2.24) is 19.7 Å². The first kappa shape index (κ1) is 10.6. The zero-order chi connectivity index (χ0) is 11.5. The molecule has 0 bridgehead atoms. The lowest BCUT2D eigenvalue weighted by molar-refractivity contribution is 0.327. The first-order valence-electron chi connectivity index (χ1n) is 4.71. The van der Waals surface area contributed by atoms with Crippen LogP contribution in [-0.2, 0) is 0 Å². The third-order valence-electron chi connectivity index (χ3n) is 1.95. The molecule has 0 atom stereocenters. The second-order valence-electron chi connectivity index (χ2n) is 2.98. The molecule has 2 rings (SSSR count). The fourth-order valence-electron chi connectivity index (χ4n) is 1.28. The maximum Gasteiger partial charge on any atom is 0.347 e. The molecule has 2 aromatic heterocycles. The van der Waals surface area contributed by atoms with Gasteiger partial charge in [-0.25, -0.2) is 19.4 Å². The second kappa shape index (κ2) is 4.31. The van der Waals surface area contributed by atoms with Crippen LogP contribution in [0.25, 0.3) is 5.69 Å². The molecule has 2 heterocycles. The lowest BCUT2D eigenvalue weighted by atomic mass is 10.4. The molecular formula is C9H10N4O2S. The predicted molar refractivity (Wildman–Crippen MR) is 60.5 cm³/mol. The van der Waals surface area contributed by atoms with E-state index in [0.717, 1.165) is 0 Å². The average Bonchev–Trinajstić information content (AvgIpc) is 2.61. The van der Waals surface area contributed by atoms with Gasteiger partial charge in [-0.2, -0.15) is 0 Å². The number of aromatic amines is 2. The molecule has 2 aromatic rings. The van der Waals surface area contributed by atoms with Gasteiger partial charge < -0.3 is 4.74 Å². The van der Waals surface area contributed by atoms with Crippen molar-refractivity contribution in [2.45, 2.75) is 6.92 Å². The second-order valence-corrected chi connectivity index (χ2v) is 3.37. The maximum absolute atomic E-state index is 11.4. The standard InChI is InChI=1S/C9H10N4O2S/c1-2-15-7-4-3-6(5-10-7)13-8(14)11-12-9(13)16/h3-5H,2H2,1H3,(H,11,14)(H,12,16). The zero-order valence-electron chi connectivity index (χ0n) is 8.56. The Kier molecular flexibility index (Phi) is 2.86. The van der Waals surface area contributed by atoms with Crippen LogP contribution < -0.4 is 10.4 Å². The molecule has 0 fully saturated rings. The number of hydrogen-bond donors (Lipinski definition) is 2. The molecule has 0 aliphatic carbocycles. The highest BCUT2D eigenvalue weighted by Gasteiger charge is 2.03. The molecule has 2 N–H and O–H groups in total. The summed E-state index contributed by atoms with van der Waals surface area (Å²) in [5, 5.41) is 4.95. The van der Waals surface area contributed by atoms with Crippen molar-refractivity contribution >= 4 is 12.2 Å². The van der Waals surface area contributed by atoms with E-state index in [1.807, 2.05) is 6.92 Å². The van der Waals surface area contributed by atoms with Gasteiger partial charge in [0.1, 0.15) is 0 Å². The van der Waals surface area contributed by atoms with Crippen LogP contribution in [0.2, 0.25) is 0 Å². The van der Waals surface area contributed by atoms with E-state index >= 15 is 0 Å². The Balaban J connectivity index is 2.43. The Hall–Kier alpha value is -1.89. The van der Waals surface area contributed by atoms with E-state index in [1.165, 1.54) is 10.8 Å². The number of aromatic nitrogens is 4. The minimum absolute atomic E-state index is 0.302. The zero-order valence-corrected chi connectivity index (χ0v) is 9.37. The SMILES string of the molecule is CCOc1ccc(-n2c(=O)[nH][nH]c2=S)cn1. The van der Waals surface area contributed by atoms with Crippen LogP contribution in [0.4, 0.5) is 0 Å². The summed E-state index contributed by atoms with van der Waals surface area (Å²) in [6.45, 7) is 2.43. The normalized spacial score (nSPS) is 10.3. The molecule has 0 saturated carbocycles. The third kappa shape index (κ3) is 1.89. The van der Waals surface area contributed by atoms with Crippen molar-refractivity contribution in [3.63, 3.8) is 0 Å². The number of pyridine rings is 1. The molecule has 0 aliphatic rings. The number of ether oxygens (including phenoxy) is 1. The summed E-state index contributed by atoms with van der Waals surface area (Å²) in [6.07, 6.45) is 1.53. The highest BCUT2D eigenvalue weighted by atomic mass is 32.1. The van der Waals surface area contributed by atoms with E-state index < -0.39 is 0 Å². The van der Waals surface area contributed by atoms with Crippen LogP contribution in [0.3, 0.4) is 0 Å². The van der Waals surface area contributed by atoms with Crippen molar-refractivity contribution in [2.24, 2.45) is 0 Å². The number of rotatable bonds is 3. The van der Waals surface area contributed by atoms with Gasteiger partial charge in [-0.3, -0.25) is 5.10 Å². The Labute approximate surface area is 95.9 Å². The summed E-state index contributed by atoms with van der Waals surface area (Å²) in [6, 6.07) is 3.41. The van der Waals surface area contributed by atoms with Gasteiger partial charge in [0.05, 0.1) is 18.5 Å². The summed E-state index contributed by atoms with van der Waals surface area (Å²) in [7, 11) is 0. The summed E-state index contributed by atoms with van der Waals surface area (Å²) in [5.41, 5.74) is 0.270. The van der Waals surface area contributed by atoms with Gasteiger partial charge in [0.25, 0.3) is 0 Å². The first-order valence-corrected chi connectivity index (χ1v) is 5.12. The molecule has 7 heteroatoms. The van der Waals surface area contributed by atoms with Crippen LogP contribution >= 0.6 is 12.2 Å². The topological polar surface area (TPSA) is 75.7 Å². The molecule has 0 aliphatic heterocycles. The molecule has 0 spiro atoms. The van der Waals surface area contributed by atoms with Crippen LogP contribution in [0.5, 0.6) is 5.88 Å². The molecule has 0 saturated heterocycles. The van der Waals surface area contributed by atoms with E-state index in [-0.39, 0.29) is 5.69 Å². The summed E-state index contributed by atoms with van der Waals surface area (Å²) < 4.78 is 6.82. The fraction of sp³-hybridized carbons (Fsp3) is 0.222. The molecule has 16 heavy (non-hydrogen) atoms. The van der Waals surface area contributed by atoms with Crippen molar-refractivity contribution in [2.75, 3.05) is 6.61 Å². The van der Waals surface area contributed by atoms with Gasteiger partial charge in [0.15, 0.2) is 0 Å². The lowest BCUT2D eigenvalue weighted by Crippen LogP contribution is -2.15. The molecule has 0 aromatic carbocycles. The van der Waals surface area contributed by atoms with E-state index in [9.17, 15) is 4.79 Å². The van der Waals surface area contributed by atoms with E-state index in [0.29, 0.717) is 22.9 Å². The Morgan fingerprint density at radius 2 is 2.31 bits per heavy atom. The van der Waals surface area contributed by atoms with Crippen LogP contribution in [0.15, 0.2) is 23.1 Å². The van der Waals surface area contributed by atoms with Crippen LogP contribution in [0.1, 0.15) is 6.92 Å². The average molecular weight is 238 g/mol. The molecule has 0 amide bonds. The van der Waals surface area contributed by atoms with E-state index in [2.05, 4.69) is 15.2 Å². The monoisotopic (exact) mass is 238 g/mol. The highest BCUT2D eigenvalue weighted by Crippen LogP contribution is 2.09. The van der Waals surface area contributed by atoms with Crippen LogP contribution in [-0.4, -0.2) is 26.4 Å². The summed E-state index contributed by atoms with van der Waals surface area (Å²) in [5.74, 6) is 0.518. The predicted octanol–water partition coefficient (Wildman–Crippen LogP) is 1.02. The fourth-order valence-corrected chi connectivity index (χ4v) is 1.52. The number of hydrogen-bond acceptors (Lipinski definition) is 4. The molecular weight excluding hydrogens is 228 g/mol. The third-order valence-corrected chi connectivity index (χ3v) is 2.24. The molecule has 0 unspecified atom stereocenters. The summed E-state index contributed by atoms with van der Waals surface area (Å²) in [4.78, 5) is 15.5. The van der Waals surface area contributed by atoms with Crippen molar-refractivity contribution in [3.8, 4) is 11.6 Å². The number of nitrogens with one attached hydrogen (secondary N) is 2. The molecule has 84 valence electrons. The lowest BCUT2D eigenvalue weighted by Gasteiger charge is -2.03. The van der Waals surface area contributed by atoms with Crippen molar-refractivity contribution in [3.05, 3.63) is 33.6 Å². The smallest absolute Gasteiger partial charge is 0.347 e. The Morgan fingerprint density at radius 3 is 2.81 bits per heavy atom. The molecule has 0 radical (unpaired) electrons. The Bertz CT molecular complexity index is 553. The van der Waals surface area contributed by atoms with Crippen molar-refractivity contribution in [1.29, 1.82) is 0 Å². The minimum atomic E-state index is -0.323. The number of nitrogens with zero attached hydrogens (tertiary/aromatic N) is 2. The quantitative estimate of drug-likeness (QED) is 0.783. The molecule has 6 nitrogen and oxygen atoms in total. The van der Waals surface area contributed by atoms with E-state index in [4.69, 9.17) is 17.0 Å². The Morgan fingerprint density at radius 1 is 1.50 bits per heavy atom. The largest absolute Gasteiger partial charge is 0.478 e. The van der Waals surface area contributed by atoms with Gasteiger partial charge in [-0.05, 0) is 25.2 Å². The number of H-pyrrole nitrogens is 2. The van der Waals surface area contributed by atoms with E-state index in [1.54, 1.807) is 12.1 Å². The van der Waals surface area contributed by atoms with Crippen molar-refractivity contribution < 1.29 is 4.74 Å². The van der Waals surface area contributed by atoms with Gasteiger partial charge >= 0.3 is 5.69 Å².